The van der Waals surface area contributed by atoms with Gasteiger partial charge in [0.05, 0.1) is 4.90 Å². The number of benzene rings is 2. The second-order valence-electron chi connectivity index (χ2n) is 6.06. The van der Waals surface area contributed by atoms with E-state index in [1.165, 1.54) is 29.7 Å². The van der Waals surface area contributed by atoms with Crippen molar-refractivity contribution >= 4 is 49.7 Å². The third-order valence-corrected chi connectivity index (χ3v) is 6.44. The van der Waals surface area contributed by atoms with Crippen LogP contribution in [0.15, 0.2) is 65.0 Å². The smallest absolute Gasteiger partial charge is 0.263 e. The molecule has 0 spiro atoms. The van der Waals surface area contributed by atoms with Crippen LogP contribution in [-0.4, -0.2) is 31.0 Å². The number of aromatic nitrogens is 1. The highest BCUT2D eigenvalue weighted by molar-refractivity contribution is 7.93. The van der Waals surface area contributed by atoms with Gasteiger partial charge in [0.15, 0.2) is 5.13 Å². The third kappa shape index (κ3) is 5.69. The van der Waals surface area contributed by atoms with E-state index in [1.54, 1.807) is 46.7 Å². The van der Waals surface area contributed by atoms with Crippen LogP contribution in [0.4, 0.5) is 10.8 Å². The van der Waals surface area contributed by atoms with Gasteiger partial charge in [0.25, 0.3) is 10.0 Å². The van der Waals surface area contributed by atoms with Gasteiger partial charge < -0.3 is 10.0 Å². The quantitative estimate of drug-likeness (QED) is 0.598. The monoisotopic (exact) mass is 455 g/mol. The molecule has 156 valence electrons. The van der Waals surface area contributed by atoms with Crippen molar-refractivity contribution < 1.29 is 21.2 Å². The second kappa shape index (κ2) is 9.25. The molecule has 0 saturated carbocycles. The first-order chi connectivity index (χ1) is 13.8. The maximum atomic E-state index is 12.2. The van der Waals surface area contributed by atoms with Gasteiger partial charge in [0.2, 0.25) is 5.91 Å². The number of amides is 1. The van der Waals surface area contributed by atoms with Gasteiger partial charge in [-0.25, -0.2) is 13.4 Å². The van der Waals surface area contributed by atoms with Gasteiger partial charge in [-0.15, -0.1) is 11.3 Å². The number of nitrogens with zero attached hydrogens (tertiary/aromatic N) is 2. The summed E-state index contributed by atoms with van der Waals surface area (Å²) in [5.74, 6) is 0.320. The standard InChI is InChI=1S/C13H13N3O3S2.C6H5ClO.2H2/c17-12-2-1-8-16(12)10-3-5-11(6-4-10)21(18,19)15-13-14-7-9-20-13;7-5-1-3-6(8)4-2-5;;/h3-7,9H,1-2,8H2,(H,14,15);1-4,8H;2*1H. The number of rotatable bonds is 4. The van der Waals surface area contributed by atoms with E-state index < -0.39 is 10.0 Å². The molecule has 0 atom stereocenters. The molecule has 2 N–H and O–H groups in total. The summed E-state index contributed by atoms with van der Waals surface area (Å²) in [5, 5.41) is 11.4. The van der Waals surface area contributed by atoms with Crippen LogP contribution in [-0.2, 0) is 14.8 Å². The first kappa shape index (κ1) is 21.1. The van der Waals surface area contributed by atoms with E-state index in [0.29, 0.717) is 23.1 Å². The van der Waals surface area contributed by atoms with Crippen molar-refractivity contribution in [2.45, 2.75) is 17.7 Å². The largest absolute Gasteiger partial charge is 0.508 e. The lowest BCUT2D eigenvalue weighted by molar-refractivity contribution is -0.117. The van der Waals surface area contributed by atoms with Crippen molar-refractivity contribution in [3.8, 4) is 5.75 Å². The zero-order chi connectivity index (χ0) is 20.9. The third-order valence-electron chi connectivity index (χ3n) is 4.01. The average molecular weight is 456 g/mol. The van der Waals surface area contributed by atoms with Gasteiger partial charge in [-0.05, 0) is 55.0 Å². The highest BCUT2D eigenvalue weighted by Crippen LogP contribution is 2.24. The lowest BCUT2D eigenvalue weighted by Gasteiger charge is -2.16. The Balaban J connectivity index is 0.000000410. The van der Waals surface area contributed by atoms with E-state index in [9.17, 15) is 13.2 Å². The van der Waals surface area contributed by atoms with E-state index in [-0.39, 0.29) is 19.4 Å². The number of phenols is 1. The van der Waals surface area contributed by atoms with Gasteiger partial charge in [0.1, 0.15) is 5.75 Å². The SMILES string of the molecule is O=C1CCCN1c1ccc(S(=O)(=O)Nc2nccs2)cc1.Oc1ccc(Cl)cc1.[HH].[HH]. The molecule has 0 aliphatic carbocycles. The molecule has 0 bridgehead atoms. The van der Waals surface area contributed by atoms with E-state index >= 15 is 0 Å². The number of sulfonamides is 1. The Kier molecular flexibility index (Phi) is 6.73. The van der Waals surface area contributed by atoms with Gasteiger partial charge >= 0.3 is 0 Å². The lowest BCUT2D eigenvalue weighted by atomic mass is 10.3. The molecule has 1 fully saturated rings. The fourth-order valence-electron chi connectivity index (χ4n) is 2.62. The lowest BCUT2D eigenvalue weighted by Crippen LogP contribution is -2.23. The highest BCUT2D eigenvalue weighted by atomic mass is 35.5. The number of carbonyl (C=O) groups is 1. The zero-order valence-electron chi connectivity index (χ0n) is 15.2. The Morgan fingerprint density at radius 2 is 1.83 bits per heavy atom. The van der Waals surface area contributed by atoms with Crippen molar-refractivity contribution in [1.29, 1.82) is 0 Å². The molecule has 2 aromatic carbocycles. The first-order valence-electron chi connectivity index (χ1n) is 8.62. The Morgan fingerprint density at radius 1 is 1.14 bits per heavy atom. The number of aromatic hydroxyl groups is 1. The molecule has 4 rings (SSSR count). The van der Waals surface area contributed by atoms with Crippen molar-refractivity contribution in [1.82, 2.24) is 4.98 Å². The van der Waals surface area contributed by atoms with Crippen LogP contribution >= 0.6 is 22.9 Å². The summed E-state index contributed by atoms with van der Waals surface area (Å²) < 4.78 is 26.8. The summed E-state index contributed by atoms with van der Waals surface area (Å²) in [7, 11) is -3.64. The number of hydrogen-bond acceptors (Lipinski definition) is 6. The minimum atomic E-state index is -3.64. The molecule has 0 unspecified atom stereocenters. The summed E-state index contributed by atoms with van der Waals surface area (Å²) in [6.07, 6.45) is 2.92. The van der Waals surface area contributed by atoms with E-state index in [1.807, 2.05) is 0 Å². The number of carbonyl (C=O) groups excluding carboxylic acids is 1. The molecule has 1 aliphatic rings. The fourth-order valence-corrected chi connectivity index (χ4v) is 4.53. The van der Waals surface area contributed by atoms with Gasteiger partial charge in [-0.3, -0.25) is 9.52 Å². The van der Waals surface area contributed by atoms with Crippen molar-refractivity contribution in [2.75, 3.05) is 16.2 Å². The molecule has 1 aromatic heterocycles. The zero-order valence-corrected chi connectivity index (χ0v) is 17.5. The van der Waals surface area contributed by atoms with Crippen LogP contribution in [0.25, 0.3) is 0 Å². The van der Waals surface area contributed by atoms with Crippen LogP contribution < -0.4 is 9.62 Å². The maximum absolute atomic E-state index is 12.2. The first-order valence-corrected chi connectivity index (χ1v) is 11.4. The molecule has 1 aliphatic heterocycles. The molecule has 7 nitrogen and oxygen atoms in total. The summed E-state index contributed by atoms with van der Waals surface area (Å²) in [6, 6.07) is 12.7. The normalized spacial score (nSPS) is 13.7. The van der Waals surface area contributed by atoms with Crippen molar-refractivity contribution in [3.05, 3.63) is 65.1 Å². The maximum Gasteiger partial charge on any atom is 0.263 e. The van der Waals surface area contributed by atoms with Crippen molar-refractivity contribution in [3.63, 3.8) is 0 Å². The Bertz CT molecular complexity index is 1040. The molecule has 1 amide bonds. The van der Waals surface area contributed by atoms with E-state index in [0.717, 1.165) is 12.1 Å². The number of anilines is 2. The molecule has 3 aromatic rings. The van der Waals surface area contributed by atoms with Crippen LogP contribution in [0.2, 0.25) is 5.02 Å². The van der Waals surface area contributed by atoms with Crippen molar-refractivity contribution in [2.24, 2.45) is 0 Å². The van der Waals surface area contributed by atoms with Crippen LogP contribution in [0.3, 0.4) is 0 Å². The highest BCUT2D eigenvalue weighted by Gasteiger charge is 2.22. The second-order valence-corrected chi connectivity index (χ2v) is 9.08. The number of phenolic OH excluding ortho intramolecular Hbond substituents is 1. The predicted octanol–water partition coefficient (Wildman–Crippen LogP) is 4.61. The molecule has 0 radical (unpaired) electrons. The molecule has 29 heavy (non-hydrogen) atoms. The number of thiazole rings is 1. The topological polar surface area (TPSA) is 99.6 Å². The molecular formula is C19H22ClN3O4S2. The summed E-state index contributed by atoms with van der Waals surface area (Å²) >= 11 is 6.71. The molecule has 10 heteroatoms. The van der Waals surface area contributed by atoms with Crippen LogP contribution in [0.5, 0.6) is 5.75 Å². The van der Waals surface area contributed by atoms with E-state index in [2.05, 4.69) is 9.71 Å². The molecule has 1 saturated heterocycles. The number of hydrogen-bond donors (Lipinski definition) is 2. The molecule has 2 heterocycles. The predicted molar refractivity (Wildman–Crippen MR) is 118 cm³/mol. The minimum absolute atomic E-state index is 0. The average Bonchev–Trinajstić information content (AvgIpc) is 3.36. The number of halogens is 1. The van der Waals surface area contributed by atoms with Crippen LogP contribution in [0.1, 0.15) is 15.7 Å². The molecular weight excluding hydrogens is 434 g/mol. The number of nitrogens with one attached hydrogen (secondary N) is 1. The van der Waals surface area contributed by atoms with Gasteiger partial charge in [0, 0.05) is 38.1 Å². The van der Waals surface area contributed by atoms with Gasteiger partial charge in [-0.2, -0.15) is 0 Å². The van der Waals surface area contributed by atoms with Crippen LogP contribution in [0, 0.1) is 0 Å². The fraction of sp³-hybridized carbons (Fsp3) is 0.158. The minimum Gasteiger partial charge on any atom is -0.508 e. The summed E-state index contributed by atoms with van der Waals surface area (Å²) in [4.78, 5) is 17.4. The Morgan fingerprint density at radius 3 is 2.34 bits per heavy atom. The van der Waals surface area contributed by atoms with E-state index in [4.69, 9.17) is 16.7 Å². The van der Waals surface area contributed by atoms with Gasteiger partial charge in [-0.1, -0.05) is 11.6 Å². The summed E-state index contributed by atoms with van der Waals surface area (Å²) in [5.41, 5.74) is 0.727. The Labute approximate surface area is 180 Å². The summed E-state index contributed by atoms with van der Waals surface area (Å²) in [6.45, 7) is 0.683. The Hall–Kier alpha value is -2.62.